The van der Waals surface area contributed by atoms with E-state index in [2.05, 4.69) is 15.9 Å². The Morgan fingerprint density at radius 1 is 1.41 bits per heavy atom. The molecule has 3 nitrogen and oxygen atoms in total. The molecule has 1 unspecified atom stereocenters. The molecule has 90 valence electrons. The van der Waals surface area contributed by atoms with Crippen LogP contribution in [-0.2, 0) is 0 Å². The minimum Gasteiger partial charge on any atom is -0.494 e. The molecule has 0 aliphatic rings. The van der Waals surface area contributed by atoms with Gasteiger partial charge in [-0.1, -0.05) is 22.0 Å². The zero-order valence-corrected chi connectivity index (χ0v) is 11.0. The van der Waals surface area contributed by atoms with E-state index in [1.165, 1.54) is 6.26 Å². The summed E-state index contributed by atoms with van der Waals surface area (Å²) in [6.07, 6.45) is 2.38. The lowest BCUT2D eigenvalue weighted by Gasteiger charge is -2.12. The van der Waals surface area contributed by atoms with E-state index in [9.17, 15) is 5.11 Å². The molecule has 0 spiro atoms. The van der Waals surface area contributed by atoms with E-state index in [0.29, 0.717) is 6.61 Å². The number of hydrogen-bond donors (Lipinski definition) is 1. The number of aliphatic hydroxyl groups is 1. The van der Waals surface area contributed by atoms with E-state index in [-0.39, 0.29) is 0 Å². The summed E-state index contributed by atoms with van der Waals surface area (Å²) in [5.74, 6) is 0.780. The third-order valence-corrected chi connectivity index (χ3v) is 3.12. The summed E-state index contributed by atoms with van der Waals surface area (Å²) in [6.45, 7) is 2.55. The van der Waals surface area contributed by atoms with Crippen molar-refractivity contribution in [2.24, 2.45) is 0 Å². The maximum absolute atomic E-state index is 10.2. The van der Waals surface area contributed by atoms with Crippen LogP contribution >= 0.6 is 15.9 Å². The minimum atomic E-state index is -0.696. The van der Waals surface area contributed by atoms with Crippen molar-refractivity contribution in [3.63, 3.8) is 0 Å². The number of aliphatic hydroxyl groups excluding tert-OH is 1. The lowest BCUT2D eigenvalue weighted by molar-refractivity contribution is 0.218. The third-order valence-electron chi connectivity index (χ3n) is 2.44. The fraction of sp³-hybridized carbons (Fsp3) is 0.231. The predicted octanol–water partition coefficient (Wildman–Crippen LogP) is 3.52. The molecular formula is C13H13BrO3. The molecule has 0 aliphatic heterocycles. The maximum atomic E-state index is 10.2. The molecule has 1 heterocycles. The maximum Gasteiger partial charge on any atom is 0.120 e. The lowest BCUT2D eigenvalue weighted by atomic mass is 10.0. The second kappa shape index (κ2) is 5.38. The highest BCUT2D eigenvalue weighted by Gasteiger charge is 2.15. The van der Waals surface area contributed by atoms with E-state index >= 15 is 0 Å². The van der Waals surface area contributed by atoms with Gasteiger partial charge in [-0.05, 0) is 30.7 Å². The van der Waals surface area contributed by atoms with Crippen LogP contribution in [0, 0.1) is 0 Å². The van der Waals surface area contributed by atoms with Gasteiger partial charge in [0.15, 0.2) is 0 Å². The molecule has 0 amide bonds. The monoisotopic (exact) mass is 296 g/mol. The Balaban J connectivity index is 2.27. The predicted molar refractivity (Wildman–Crippen MR) is 68.1 cm³/mol. The first-order valence-electron chi connectivity index (χ1n) is 5.34. The normalized spacial score (nSPS) is 12.4. The van der Waals surface area contributed by atoms with Crippen molar-refractivity contribution in [1.82, 2.24) is 0 Å². The van der Waals surface area contributed by atoms with Crippen molar-refractivity contribution < 1.29 is 14.3 Å². The number of halogens is 1. The van der Waals surface area contributed by atoms with Gasteiger partial charge in [-0.2, -0.15) is 0 Å². The van der Waals surface area contributed by atoms with Gasteiger partial charge in [-0.15, -0.1) is 0 Å². The van der Waals surface area contributed by atoms with Gasteiger partial charge in [-0.25, -0.2) is 0 Å². The number of hydrogen-bond acceptors (Lipinski definition) is 3. The van der Waals surface area contributed by atoms with Crippen molar-refractivity contribution in [3.05, 3.63) is 52.4 Å². The van der Waals surface area contributed by atoms with Crippen LogP contribution in [0.3, 0.4) is 0 Å². The van der Waals surface area contributed by atoms with Crippen molar-refractivity contribution >= 4 is 15.9 Å². The molecule has 0 bridgehead atoms. The first kappa shape index (κ1) is 12.2. The van der Waals surface area contributed by atoms with Gasteiger partial charge >= 0.3 is 0 Å². The summed E-state index contributed by atoms with van der Waals surface area (Å²) in [5, 5.41) is 10.2. The minimum absolute atomic E-state index is 0.621. The molecule has 0 saturated heterocycles. The second-order valence-electron chi connectivity index (χ2n) is 3.58. The Bertz CT molecular complexity index is 479. The van der Waals surface area contributed by atoms with Crippen LogP contribution in [0.2, 0.25) is 0 Å². The first-order valence-corrected chi connectivity index (χ1v) is 6.14. The molecule has 17 heavy (non-hydrogen) atoms. The molecule has 1 N–H and O–H groups in total. The van der Waals surface area contributed by atoms with Crippen molar-refractivity contribution in [3.8, 4) is 5.75 Å². The zero-order chi connectivity index (χ0) is 12.3. The zero-order valence-electron chi connectivity index (χ0n) is 9.39. The molecule has 2 aromatic rings. The van der Waals surface area contributed by atoms with E-state index in [1.54, 1.807) is 12.3 Å². The fourth-order valence-corrected chi connectivity index (χ4v) is 2.17. The van der Waals surface area contributed by atoms with Gasteiger partial charge in [-0.3, -0.25) is 0 Å². The average Bonchev–Trinajstić information content (AvgIpc) is 2.82. The Hall–Kier alpha value is -1.26. The van der Waals surface area contributed by atoms with Gasteiger partial charge in [0.1, 0.15) is 11.9 Å². The van der Waals surface area contributed by atoms with Crippen LogP contribution in [0.1, 0.15) is 24.2 Å². The van der Waals surface area contributed by atoms with E-state index in [0.717, 1.165) is 21.3 Å². The van der Waals surface area contributed by atoms with Gasteiger partial charge in [0, 0.05) is 10.0 Å². The largest absolute Gasteiger partial charge is 0.494 e. The average molecular weight is 297 g/mol. The summed E-state index contributed by atoms with van der Waals surface area (Å²) < 4.78 is 11.2. The summed E-state index contributed by atoms with van der Waals surface area (Å²) in [7, 11) is 0. The summed E-state index contributed by atoms with van der Waals surface area (Å²) in [6, 6.07) is 7.27. The molecule has 0 aliphatic carbocycles. The van der Waals surface area contributed by atoms with Crippen LogP contribution < -0.4 is 4.74 Å². The van der Waals surface area contributed by atoms with E-state index in [1.807, 2.05) is 25.1 Å². The summed E-state index contributed by atoms with van der Waals surface area (Å²) in [5.41, 5.74) is 1.52. The highest BCUT2D eigenvalue weighted by molar-refractivity contribution is 9.10. The van der Waals surface area contributed by atoms with Gasteiger partial charge < -0.3 is 14.3 Å². The fourth-order valence-electron chi connectivity index (χ4n) is 1.60. The Morgan fingerprint density at radius 2 is 2.24 bits per heavy atom. The topological polar surface area (TPSA) is 42.6 Å². The quantitative estimate of drug-likeness (QED) is 0.939. The SMILES string of the molecule is CCOc1ccc(C(O)c2ccoc2)c(Br)c1. The molecule has 0 radical (unpaired) electrons. The first-order chi connectivity index (χ1) is 8.22. The Kier molecular flexibility index (Phi) is 3.86. The second-order valence-corrected chi connectivity index (χ2v) is 4.43. The molecule has 0 fully saturated rings. The van der Waals surface area contributed by atoms with Gasteiger partial charge in [0.2, 0.25) is 0 Å². The number of benzene rings is 1. The molecule has 4 heteroatoms. The van der Waals surface area contributed by atoms with Gasteiger partial charge in [0.05, 0.1) is 19.1 Å². The molecule has 1 aromatic heterocycles. The number of rotatable bonds is 4. The van der Waals surface area contributed by atoms with Crippen LogP contribution in [0.15, 0.2) is 45.7 Å². The molecule has 0 saturated carbocycles. The molecule has 2 rings (SSSR count). The van der Waals surface area contributed by atoms with Crippen LogP contribution in [-0.4, -0.2) is 11.7 Å². The van der Waals surface area contributed by atoms with Crippen molar-refractivity contribution in [2.45, 2.75) is 13.0 Å². The Morgan fingerprint density at radius 3 is 2.82 bits per heavy atom. The molecular weight excluding hydrogens is 284 g/mol. The van der Waals surface area contributed by atoms with Crippen LogP contribution in [0.5, 0.6) is 5.75 Å². The summed E-state index contributed by atoms with van der Waals surface area (Å²) in [4.78, 5) is 0. The lowest BCUT2D eigenvalue weighted by Crippen LogP contribution is -2.00. The van der Waals surface area contributed by atoms with E-state index < -0.39 is 6.10 Å². The van der Waals surface area contributed by atoms with E-state index in [4.69, 9.17) is 9.15 Å². The van der Waals surface area contributed by atoms with Crippen LogP contribution in [0.25, 0.3) is 0 Å². The summed E-state index contributed by atoms with van der Waals surface area (Å²) >= 11 is 3.43. The number of ether oxygens (including phenoxy) is 1. The third kappa shape index (κ3) is 2.70. The smallest absolute Gasteiger partial charge is 0.120 e. The standard InChI is InChI=1S/C13H13BrO3/c1-2-17-10-3-4-11(12(14)7-10)13(15)9-5-6-16-8-9/h3-8,13,15H,2H2,1H3. The van der Waals surface area contributed by atoms with Crippen molar-refractivity contribution in [2.75, 3.05) is 6.61 Å². The Labute approximate surface area is 108 Å². The van der Waals surface area contributed by atoms with Gasteiger partial charge in [0.25, 0.3) is 0 Å². The van der Waals surface area contributed by atoms with Crippen LogP contribution in [0.4, 0.5) is 0 Å². The molecule has 1 atom stereocenters. The van der Waals surface area contributed by atoms with Crippen molar-refractivity contribution in [1.29, 1.82) is 0 Å². The molecule has 1 aromatic carbocycles. The highest BCUT2D eigenvalue weighted by atomic mass is 79.9. The number of furan rings is 1. The highest BCUT2D eigenvalue weighted by Crippen LogP contribution is 2.31.